The monoisotopic (exact) mass is 384 g/mol. The fraction of sp³-hybridized carbons (Fsp3) is 0. The number of benzene rings is 2. The van der Waals surface area contributed by atoms with Crippen LogP contribution in [-0.2, 0) is 0 Å². The van der Waals surface area contributed by atoms with E-state index in [9.17, 15) is 14.7 Å². The normalized spacial score (nSPS) is 11.9. The number of rotatable bonds is 1. The topological polar surface area (TPSA) is 128 Å². The van der Waals surface area contributed by atoms with Gasteiger partial charge in [-0.15, -0.1) is 0 Å². The maximum Gasteiger partial charge on any atom is 0.256 e. The lowest BCUT2D eigenvalue weighted by Gasteiger charge is -2.06. The summed E-state index contributed by atoms with van der Waals surface area (Å²) in [5.74, 6) is -0.478. The number of furan rings is 1. The number of aromatic amines is 3. The van der Waals surface area contributed by atoms with Crippen molar-refractivity contribution in [2.24, 2.45) is 0 Å². The predicted octanol–water partition coefficient (Wildman–Crippen LogP) is 3.36. The third kappa shape index (κ3) is 2.05. The molecule has 0 aliphatic rings. The summed E-state index contributed by atoms with van der Waals surface area (Å²) in [6.07, 6.45) is 1.69. The van der Waals surface area contributed by atoms with Gasteiger partial charge in [0.25, 0.3) is 5.56 Å². The van der Waals surface area contributed by atoms with Crippen LogP contribution in [0.2, 0.25) is 0 Å². The molecule has 140 valence electrons. The van der Waals surface area contributed by atoms with Gasteiger partial charge in [0.15, 0.2) is 16.8 Å². The average molecular weight is 384 g/mol. The summed E-state index contributed by atoms with van der Waals surface area (Å²) in [7, 11) is 0. The van der Waals surface area contributed by atoms with Crippen LogP contribution in [0, 0.1) is 0 Å². The molecule has 0 atom stereocenters. The molecule has 0 bridgehead atoms. The lowest BCUT2D eigenvalue weighted by molar-refractivity contribution is 0.464. The Labute approximate surface area is 160 Å². The lowest BCUT2D eigenvalue weighted by Crippen LogP contribution is -2.09. The van der Waals surface area contributed by atoms with Crippen LogP contribution in [-0.4, -0.2) is 25.3 Å². The van der Waals surface area contributed by atoms with Gasteiger partial charge in [-0.25, -0.2) is 4.98 Å². The van der Waals surface area contributed by atoms with Gasteiger partial charge in [-0.2, -0.15) is 0 Å². The number of phenolic OH excluding ortho intramolecular Hbond substituents is 1. The number of para-hydroxylation sites is 1. The number of fused-ring (bicyclic) bond motifs is 5. The zero-order valence-electron chi connectivity index (χ0n) is 14.7. The largest absolute Gasteiger partial charge is 0.502 e. The van der Waals surface area contributed by atoms with Crippen molar-refractivity contribution >= 4 is 44.0 Å². The molecule has 8 heteroatoms. The number of pyridine rings is 2. The average Bonchev–Trinajstić information content (AvgIpc) is 3.33. The van der Waals surface area contributed by atoms with Crippen molar-refractivity contribution in [1.29, 1.82) is 0 Å². The molecular weight excluding hydrogens is 372 g/mol. The first-order chi connectivity index (χ1) is 14.1. The smallest absolute Gasteiger partial charge is 0.256 e. The minimum absolute atomic E-state index is 0.0510. The second kappa shape index (κ2) is 5.35. The first kappa shape index (κ1) is 15.7. The van der Waals surface area contributed by atoms with Crippen LogP contribution in [0.25, 0.3) is 55.1 Å². The fourth-order valence-corrected chi connectivity index (χ4v) is 3.82. The lowest BCUT2D eigenvalue weighted by atomic mass is 10.0. The van der Waals surface area contributed by atoms with Gasteiger partial charge < -0.3 is 19.6 Å². The second-order valence-electron chi connectivity index (χ2n) is 6.83. The number of phenols is 1. The number of hydrogen-bond donors (Lipinski definition) is 4. The summed E-state index contributed by atoms with van der Waals surface area (Å²) < 4.78 is 5.90. The van der Waals surface area contributed by atoms with Gasteiger partial charge >= 0.3 is 0 Å². The molecule has 0 saturated carbocycles. The van der Waals surface area contributed by atoms with Crippen molar-refractivity contribution in [1.82, 2.24) is 20.2 Å². The van der Waals surface area contributed by atoms with Crippen LogP contribution in [0.5, 0.6) is 5.75 Å². The van der Waals surface area contributed by atoms with E-state index in [1.807, 2.05) is 24.3 Å². The Morgan fingerprint density at radius 3 is 2.76 bits per heavy atom. The van der Waals surface area contributed by atoms with E-state index in [0.717, 1.165) is 10.9 Å². The quantitative estimate of drug-likeness (QED) is 0.346. The Morgan fingerprint density at radius 1 is 1.00 bits per heavy atom. The molecule has 0 amide bonds. The van der Waals surface area contributed by atoms with Crippen LogP contribution in [0.4, 0.5) is 0 Å². The summed E-state index contributed by atoms with van der Waals surface area (Å²) in [5.41, 5.74) is 2.16. The maximum atomic E-state index is 12.9. The van der Waals surface area contributed by atoms with E-state index in [1.165, 1.54) is 6.07 Å². The number of nitrogens with zero attached hydrogens (tertiary/aromatic N) is 1. The van der Waals surface area contributed by atoms with E-state index in [2.05, 4.69) is 20.2 Å². The number of H-pyrrole nitrogens is 3. The van der Waals surface area contributed by atoms with Gasteiger partial charge in [-0.3, -0.25) is 14.7 Å². The van der Waals surface area contributed by atoms with Gasteiger partial charge in [-0.05, 0) is 29.7 Å². The van der Waals surface area contributed by atoms with Gasteiger partial charge in [0.05, 0.1) is 10.9 Å². The minimum Gasteiger partial charge on any atom is -0.502 e. The van der Waals surface area contributed by atoms with E-state index >= 15 is 0 Å². The molecule has 0 spiro atoms. The van der Waals surface area contributed by atoms with E-state index in [0.29, 0.717) is 38.6 Å². The molecule has 0 fully saturated rings. The molecule has 29 heavy (non-hydrogen) atoms. The minimum atomic E-state index is -0.541. The highest BCUT2D eigenvalue weighted by molar-refractivity contribution is 6.15. The van der Waals surface area contributed by atoms with Crippen molar-refractivity contribution in [2.45, 2.75) is 0 Å². The number of aromatic nitrogens is 4. The van der Waals surface area contributed by atoms with Gasteiger partial charge in [-0.1, -0.05) is 18.2 Å². The van der Waals surface area contributed by atoms with Gasteiger partial charge in [0, 0.05) is 22.7 Å². The number of aromatic hydroxyl groups is 1. The predicted molar refractivity (Wildman–Crippen MR) is 109 cm³/mol. The van der Waals surface area contributed by atoms with E-state index in [1.54, 1.807) is 18.3 Å². The van der Waals surface area contributed by atoms with E-state index in [-0.39, 0.29) is 11.1 Å². The Kier molecular flexibility index (Phi) is 2.90. The SMILES string of the molecule is O=c1ccc2c(oc3c(-c4cc5ccccc5[nH]c4=O)c4c[nH][nH]c4nc32)c1O. The molecule has 6 rings (SSSR count). The zero-order chi connectivity index (χ0) is 19.7. The van der Waals surface area contributed by atoms with Crippen LogP contribution in [0.15, 0.2) is 62.7 Å². The highest BCUT2D eigenvalue weighted by atomic mass is 16.4. The molecule has 0 aliphatic heterocycles. The Hall–Kier alpha value is -4.33. The fourth-order valence-electron chi connectivity index (χ4n) is 3.82. The zero-order valence-corrected chi connectivity index (χ0v) is 14.7. The summed E-state index contributed by atoms with van der Waals surface area (Å²) in [4.78, 5) is 32.3. The third-order valence-corrected chi connectivity index (χ3v) is 5.17. The number of hydrogen-bond acceptors (Lipinski definition) is 5. The van der Waals surface area contributed by atoms with Crippen LogP contribution < -0.4 is 11.0 Å². The molecule has 4 heterocycles. The van der Waals surface area contributed by atoms with Gasteiger partial charge in [0.2, 0.25) is 11.2 Å². The van der Waals surface area contributed by atoms with E-state index < -0.39 is 11.2 Å². The second-order valence-corrected chi connectivity index (χ2v) is 6.83. The molecular formula is C21H12N4O4. The standard InChI is InChI=1S/C21H12N4O4/c26-14-6-5-10-16-19(29-18(10)17(14)27)15(12-8-22-25-20(12)24-16)11-7-9-3-1-2-4-13(9)23-21(11)28/h1-8,27H,(H,23,28)(H2,22,24,25). The highest BCUT2D eigenvalue weighted by Gasteiger charge is 2.22. The summed E-state index contributed by atoms with van der Waals surface area (Å²) in [5, 5.41) is 18.0. The molecule has 0 unspecified atom stereocenters. The summed E-state index contributed by atoms with van der Waals surface area (Å²) >= 11 is 0. The van der Waals surface area contributed by atoms with Crippen LogP contribution >= 0.6 is 0 Å². The molecule has 0 saturated heterocycles. The first-order valence-corrected chi connectivity index (χ1v) is 8.88. The van der Waals surface area contributed by atoms with Crippen molar-refractivity contribution < 1.29 is 9.52 Å². The maximum absolute atomic E-state index is 12.9. The van der Waals surface area contributed by atoms with Crippen molar-refractivity contribution in [2.75, 3.05) is 0 Å². The Bertz CT molecular complexity index is 1720. The molecule has 4 aromatic heterocycles. The van der Waals surface area contributed by atoms with E-state index in [4.69, 9.17) is 4.42 Å². The summed E-state index contributed by atoms with van der Waals surface area (Å²) in [6, 6.07) is 12.1. The molecule has 0 aliphatic carbocycles. The molecule has 8 nitrogen and oxygen atoms in total. The molecule has 0 radical (unpaired) electrons. The summed E-state index contributed by atoms with van der Waals surface area (Å²) in [6.45, 7) is 0. The third-order valence-electron chi connectivity index (χ3n) is 5.17. The van der Waals surface area contributed by atoms with Crippen molar-refractivity contribution in [3.63, 3.8) is 0 Å². The first-order valence-electron chi connectivity index (χ1n) is 8.88. The number of nitrogens with one attached hydrogen (secondary N) is 3. The van der Waals surface area contributed by atoms with Crippen molar-refractivity contribution in [3.05, 3.63) is 69.2 Å². The van der Waals surface area contributed by atoms with Crippen LogP contribution in [0.1, 0.15) is 0 Å². The highest BCUT2D eigenvalue weighted by Crippen LogP contribution is 2.39. The molecule has 4 N–H and O–H groups in total. The van der Waals surface area contributed by atoms with Crippen molar-refractivity contribution in [3.8, 4) is 16.9 Å². The molecule has 6 aromatic rings. The molecule has 2 aromatic carbocycles. The Balaban J connectivity index is 1.85. The van der Waals surface area contributed by atoms with Crippen LogP contribution in [0.3, 0.4) is 0 Å². The van der Waals surface area contributed by atoms with Gasteiger partial charge in [0.1, 0.15) is 5.52 Å². The Morgan fingerprint density at radius 2 is 1.86 bits per heavy atom.